The summed E-state index contributed by atoms with van der Waals surface area (Å²) in [5.74, 6) is 1.23. The molecule has 6 nitrogen and oxygen atoms in total. The van der Waals surface area contributed by atoms with E-state index in [2.05, 4.69) is 10.3 Å². The SMILES string of the molecule is O=C(Cc1ccncc1)N1CCC2(C(=O)NCC3CCOCC3)CC2C1. The molecule has 2 aliphatic heterocycles. The second kappa shape index (κ2) is 7.35. The first-order valence-electron chi connectivity index (χ1n) is 9.70. The molecule has 0 radical (unpaired) electrons. The Bertz CT molecular complexity index is 660. The van der Waals surface area contributed by atoms with E-state index in [1.54, 1.807) is 12.4 Å². The maximum absolute atomic E-state index is 12.7. The van der Waals surface area contributed by atoms with Crippen LogP contribution in [0.3, 0.4) is 0 Å². The Labute approximate surface area is 154 Å². The number of aromatic nitrogens is 1. The van der Waals surface area contributed by atoms with Crippen molar-refractivity contribution in [3.63, 3.8) is 0 Å². The van der Waals surface area contributed by atoms with Crippen LogP contribution in [0.25, 0.3) is 0 Å². The summed E-state index contributed by atoms with van der Waals surface area (Å²) in [6.45, 7) is 3.78. The average molecular weight is 357 g/mol. The monoisotopic (exact) mass is 357 g/mol. The number of pyridine rings is 1. The maximum atomic E-state index is 12.7. The molecule has 1 aliphatic carbocycles. The third kappa shape index (κ3) is 3.61. The fraction of sp³-hybridized carbons (Fsp3) is 0.650. The molecule has 1 aromatic heterocycles. The molecule has 3 aliphatic rings. The second-order valence-electron chi connectivity index (χ2n) is 7.94. The lowest BCUT2D eigenvalue weighted by Gasteiger charge is -2.31. The molecule has 2 atom stereocenters. The number of fused-ring (bicyclic) bond motifs is 1. The van der Waals surface area contributed by atoms with Gasteiger partial charge in [0.25, 0.3) is 0 Å². The van der Waals surface area contributed by atoms with Crippen LogP contribution in [0.2, 0.25) is 0 Å². The van der Waals surface area contributed by atoms with Crippen LogP contribution in [-0.4, -0.2) is 54.5 Å². The van der Waals surface area contributed by atoms with E-state index in [9.17, 15) is 9.59 Å². The number of likely N-dealkylation sites (tertiary alicyclic amines) is 1. The molecule has 26 heavy (non-hydrogen) atoms. The minimum absolute atomic E-state index is 0.152. The minimum atomic E-state index is -0.210. The molecule has 6 heteroatoms. The highest BCUT2D eigenvalue weighted by Gasteiger charge is 2.62. The van der Waals surface area contributed by atoms with Crippen LogP contribution < -0.4 is 5.32 Å². The third-order valence-electron chi connectivity index (χ3n) is 6.30. The Morgan fingerprint density at radius 2 is 2.04 bits per heavy atom. The van der Waals surface area contributed by atoms with Crippen molar-refractivity contribution in [1.29, 1.82) is 0 Å². The van der Waals surface area contributed by atoms with E-state index in [1.807, 2.05) is 17.0 Å². The molecule has 2 amide bonds. The summed E-state index contributed by atoms with van der Waals surface area (Å²) in [4.78, 5) is 31.2. The van der Waals surface area contributed by atoms with Gasteiger partial charge < -0.3 is 15.0 Å². The van der Waals surface area contributed by atoms with Crippen LogP contribution in [0.1, 0.15) is 31.2 Å². The van der Waals surface area contributed by atoms with Gasteiger partial charge in [0, 0.05) is 45.2 Å². The first-order chi connectivity index (χ1) is 12.7. The van der Waals surface area contributed by atoms with Gasteiger partial charge in [0.15, 0.2) is 0 Å². The van der Waals surface area contributed by atoms with E-state index in [4.69, 9.17) is 4.74 Å². The number of rotatable bonds is 5. The van der Waals surface area contributed by atoms with Gasteiger partial charge in [0.1, 0.15) is 0 Å². The molecular formula is C20H27N3O3. The lowest BCUT2D eigenvalue weighted by molar-refractivity contribution is -0.135. The quantitative estimate of drug-likeness (QED) is 0.865. The van der Waals surface area contributed by atoms with E-state index in [-0.39, 0.29) is 17.2 Å². The number of hydrogen-bond donors (Lipinski definition) is 1. The normalized spacial score (nSPS) is 28.3. The molecule has 0 spiro atoms. The second-order valence-corrected chi connectivity index (χ2v) is 7.94. The summed E-state index contributed by atoms with van der Waals surface area (Å²) < 4.78 is 5.37. The first kappa shape index (κ1) is 17.5. The van der Waals surface area contributed by atoms with Gasteiger partial charge in [-0.15, -0.1) is 0 Å². The van der Waals surface area contributed by atoms with E-state index in [1.165, 1.54) is 0 Å². The van der Waals surface area contributed by atoms with Crippen LogP contribution in [0.4, 0.5) is 0 Å². The molecule has 2 unspecified atom stereocenters. The average Bonchev–Trinajstić information content (AvgIpc) is 3.43. The number of amides is 2. The largest absolute Gasteiger partial charge is 0.381 e. The van der Waals surface area contributed by atoms with Crippen molar-refractivity contribution < 1.29 is 14.3 Å². The molecule has 1 saturated carbocycles. The number of carbonyl (C=O) groups excluding carboxylic acids is 2. The maximum Gasteiger partial charge on any atom is 0.227 e. The van der Waals surface area contributed by atoms with Crippen molar-refractivity contribution in [3.8, 4) is 0 Å². The van der Waals surface area contributed by atoms with E-state index in [0.29, 0.717) is 31.3 Å². The Hall–Kier alpha value is -1.95. The summed E-state index contributed by atoms with van der Waals surface area (Å²) >= 11 is 0. The number of ether oxygens (including phenoxy) is 1. The fourth-order valence-electron chi connectivity index (χ4n) is 4.39. The Kier molecular flexibility index (Phi) is 4.94. The molecule has 2 saturated heterocycles. The van der Waals surface area contributed by atoms with Crippen molar-refractivity contribution in [2.24, 2.45) is 17.3 Å². The summed E-state index contributed by atoms with van der Waals surface area (Å²) in [7, 11) is 0. The van der Waals surface area contributed by atoms with Gasteiger partial charge in [0.05, 0.1) is 11.8 Å². The lowest BCUT2D eigenvalue weighted by Crippen LogP contribution is -2.45. The van der Waals surface area contributed by atoms with Gasteiger partial charge in [-0.1, -0.05) is 0 Å². The standard InChI is InChI=1S/C20H27N3O3/c24-18(11-15-1-6-21-7-2-15)23-8-5-20(12-17(20)14-23)19(25)22-13-16-3-9-26-10-4-16/h1-2,6-7,16-17H,3-5,8-14H2,(H,22,25). The van der Waals surface area contributed by atoms with E-state index < -0.39 is 0 Å². The summed E-state index contributed by atoms with van der Waals surface area (Å²) in [6.07, 6.45) is 7.63. The van der Waals surface area contributed by atoms with Gasteiger partial charge >= 0.3 is 0 Å². The molecule has 1 aromatic rings. The van der Waals surface area contributed by atoms with E-state index >= 15 is 0 Å². The van der Waals surface area contributed by atoms with Crippen molar-refractivity contribution in [3.05, 3.63) is 30.1 Å². The first-order valence-corrected chi connectivity index (χ1v) is 9.70. The molecular weight excluding hydrogens is 330 g/mol. The lowest BCUT2D eigenvalue weighted by atomic mass is 9.93. The Morgan fingerprint density at radius 1 is 1.27 bits per heavy atom. The number of piperidine rings is 1. The van der Waals surface area contributed by atoms with Gasteiger partial charge in [-0.25, -0.2) is 0 Å². The summed E-state index contributed by atoms with van der Waals surface area (Å²) in [6, 6.07) is 3.76. The van der Waals surface area contributed by atoms with E-state index in [0.717, 1.165) is 51.0 Å². The number of nitrogens with one attached hydrogen (secondary N) is 1. The Balaban J connectivity index is 1.26. The molecule has 0 aromatic carbocycles. The van der Waals surface area contributed by atoms with Gasteiger partial charge in [0.2, 0.25) is 11.8 Å². The minimum Gasteiger partial charge on any atom is -0.381 e. The predicted octanol–water partition coefficient (Wildman–Crippen LogP) is 1.41. The smallest absolute Gasteiger partial charge is 0.227 e. The van der Waals surface area contributed by atoms with Crippen LogP contribution in [0, 0.1) is 17.3 Å². The molecule has 140 valence electrons. The molecule has 3 fully saturated rings. The number of carbonyl (C=O) groups is 2. The summed E-state index contributed by atoms with van der Waals surface area (Å²) in [5.41, 5.74) is 0.783. The van der Waals surface area contributed by atoms with Crippen LogP contribution in [-0.2, 0) is 20.7 Å². The topological polar surface area (TPSA) is 71.5 Å². The summed E-state index contributed by atoms with van der Waals surface area (Å²) in [5, 5.41) is 3.18. The molecule has 3 heterocycles. The molecule has 4 rings (SSSR count). The zero-order valence-corrected chi connectivity index (χ0v) is 15.2. The fourth-order valence-corrected chi connectivity index (χ4v) is 4.39. The predicted molar refractivity (Wildman–Crippen MR) is 96.2 cm³/mol. The highest BCUT2D eigenvalue weighted by atomic mass is 16.5. The number of hydrogen-bond acceptors (Lipinski definition) is 4. The zero-order valence-electron chi connectivity index (χ0n) is 15.2. The molecule has 0 bridgehead atoms. The van der Waals surface area contributed by atoms with Crippen molar-refractivity contribution in [1.82, 2.24) is 15.2 Å². The van der Waals surface area contributed by atoms with Crippen molar-refractivity contribution in [2.75, 3.05) is 32.8 Å². The third-order valence-corrected chi connectivity index (χ3v) is 6.30. The van der Waals surface area contributed by atoms with Gasteiger partial charge in [-0.2, -0.15) is 0 Å². The van der Waals surface area contributed by atoms with Crippen molar-refractivity contribution in [2.45, 2.75) is 32.1 Å². The van der Waals surface area contributed by atoms with Gasteiger partial charge in [-0.05, 0) is 55.2 Å². The highest BCUT2D eigenvalue weighted by molar-refractivity contribution is 5.87. The number of nitrogens with zero attached hydrogens (tertiary/aromatic N) is 2. The van der Waals surface area contributed by atoms with Crippen LogP contribution >= 0.6 is 0 Å². The van der Waals surface area contributed by atoms with Crippen molar-refractivity contribution >= 4 is 11.8 Å². The highest BCUT2D eigenvalue weighted by Crippen LogP contribution is 2.58. The van der Waals surface area contributed by atoms with Gasteiger partial charge in [-0.3, -0.25) is 14.6 Å². The van der Waals surface area contributed by atoms with Crippen LogP contribution in [0.15, 0.2) is 24.5 Å². The molecule has 1 N–H and O–H groups in total. The Morgan fingerprint density at radius 3 is 2.77 bits per heavy atom. The van der Waals surface area contributed by atoms with Crippen LogP contribution in [0.5, 0.6) is 0 Å². The zero-order chi connectivity index (χ0) is 18.0.